The number of halogens is 3. The van der Waals surface area contributed by atoms with Crippen LogP contribution >= 0.6 is 18.5 Å². The van der Waals surface area contributed by atoms with Crippen LogP contribution in [0.25, 0.3) is 0 Å². The van der Waals surface area contributed by atoms with E-state index in [1.54, 1.807) is 38.1 Å². The number of thioether (sulfide) groups is 1. The minimum atomic E-state index is -4.19. The van der Waals surface area contributed by atoms with Crippen molar-refractivity contribution in [3.05, 3.63) is 24.3 Å². The molecule has 0 atom stereocenters. The molecule has 3 nitrogen and oxygen atoms in total. The Bertz CT molecular complexity index is 470. The van der Waals surface area contributed by atoms with Gasteiger partial charge in [0.2, 0.25) is 0 Å². The van der Waals surface area contributed by atoms with Crippen LogP contribution in [0.15, 0.2) is 29.2 Å². The minimum absolute atomic E-state index is 0.358. The van der Waals surface area contributed by atoms with Gasteiger partial charge >= 0.3 is 12.9 Å². The molecule has 1 aromatic carbocycles. The summed E-state index contributed by atoms with van der Waals surface area (Å²) in [5, 5.41) is 0. The van der Waals surface area contributed by atoms with Crippen molar-refractivity contribution in [1.29, 1.82) is 0 Å². The Kier molecular flexibility index (Phi) is 7.50. The molecule has 0 unspecified atom stereocenters. The Morgan fingerprint density at radius 1 is 1.10 bits per heavy atom. The highest BCUT2D eigenvalue weighted by molar-refractivity contribution is 8.07. The van der Waals surface area contributed by atoms with Gasteiger partial charge in [-0.3, -0.25) is 9.05 Å². The summed E-state index contributed by atoms with van der Waals surface area (Å²) in [7, 11) is 0. The van der Waals surface area contributed by atoms with Crippen molar-refractivity contribution < 1.29 is 26.7 Å². The highest BCUT2D eigenvalue weighted by atomic mass is 32.5. The molecule has 0 aliphatic heterocycles. The van der Waals surface area contributed by atoms with Crippen molar-refractivity contribution >= 4 is 30.3 Å². The summed E-state index contributed by atoms with van der Waals surface area (Å²) >= 11 is 5.92. The fourth-order valence-electron chi connectivity index (χ4n) is 1.30. The summed E-state index contributed by atoms with van der Waals surface area (Å²) in [4.78, 5) is 0.501. The summed E-state index contributed by atoms with van der Waals surface area (Å²) in [6.45, 7) is 1.42. The Hall–Kier alpha value is -0.270. The monoisotopic (exact) mass is 360 g/mol. The van der Waals surface area contributed by atoms with E-state index in [0.29, 0.717) is 35.6 Å². The van der Waals surface area contributed by atoms with E-state index < -0.39 is 18.6 Å². The number of hydrogen-bond donors (Lipinski definition) is 0. The van der Waals surface area contributed by atoms with Crippen LogP contribution in [0.4, 0.5) is 13.2 Å². The second kappa shape index (κ2) is 8.39. The molecule has 0 saturated carbocycles. The van der Waals surface area contributed by atoms with Gasteiger partial charge in [-0.15, -0.1) is 11.8 Å². The third kappa shape index (κ3) is 7.51. The lowest BCUT2D eigenvalue weighted by atomic mass is 10.3. The Labute approximate surface area is 131 Å². The van der Waals surface area contributed by atoms with Gasteiger partial charge in [0, 0.05) is 16.7 Å². The zero-order valence-corrected chi connectivity index (χ0v) is 14.1. The molecule has 1 rings (SSSR count). The SMILES string of the molecule is CCOP(=S)(OCC)Oc1ccc(SCC(F)(F)F)cc1. The van der Waals surface area contributed by atoms with Gasteiger partial charge in [0.1, 0.15) is 5.75 Å². The maximum atomic E-state index is 12.1. The lowest BCUT2D eigenvalue weighted by Crippen LogP contribution is -2.10. The summed E-state index contributed by atoms with van der Waals surface area (Å²) < 4.78 is 52.6. The van der Waals surface area contributed by atoms with Crippen LogP contribution in [-0.2, 0) is 20.9 Å². The van der Waals surface area contributed by atoms with Crippen molar-refractivity contribution in [2.24, 2.45) is 0 Å². The normalized spacial score (nSPS) is 12.4. The largest absolute Gasteiger partial charge is 0.424 e. The Balaban J connectivity index is 2.67. The third-order valence-corrected chi connectivity index (χ3v) is 5.53. The van der Waals surface area contributed by atoms with Gasteiger partial charge < -0.3 is 4.52 Å². The molecule has 0 bridgehead atoms. The average molecular weight is 360 g/mol. The molecule has 9 heteroatoms. The van der Waals surface area contributed by atoms with Crippen LogP contribution in [0.2, 0.25) is 0 Å². The van der Waals surface area contributed by atoms with Crippen LogP contribution in [-0.4, -0.2) is 25.1 Å². The molecule has 21 heavy (non-hydrogen) atoms. The Morgan fingerprint density at radius 3 is 2.05 bits per heavy atom. The molecule has 1 aromatic rings. The molecule has 0 fully saturated rings. The van der Waals surface area contributed by atoms with Gasteiger partial charge in [0.05, 0.1) is 19.0 Å². The van der Waals surface area contributed by atoms with Crippen molar-refractivity contribution in [3.8, 4) is 5.75 Å². The van der Waals surface area contributed by atoms with Crippen LogP contribution in [0.1, 0.15) is 13.8 Å². The summed E-state index contributed by atoms with van der Waals surface area (Å²) in [5.41, 5.74) is 0. The van der Waals surface area contributed by atoms with Gasteiger partial charge in [-0.05, 0) is 38.1 Å². The standard InChI is InChI=1S/C12H16F3O3PS2/c1-3-16-19(20,17-4-2)18-10-5-7-11(8-6-10)21-9-12(13,14)15/h5-8H,3-4,9H2,1-2H3. The molecule has 0 radical (unpaired) electrons. The number of alkyl halides is 3. The first-order valence-corrected chi connectivity index (χ1v) is 9.70. The number of hydrogen-bond acceptors (Lipinski definition) is 5. The van der Waals surface area contributed by atoms with Crippen molar-refractivity contribution in [2.75, 3.05) is 19.0 Å². The van der Waals surface area contributed by atoms with Gasteiger partial charge in [0.25, 0.3) is 0 Å². The smallest absolute Gasteiger partial charge is 0.398 e. The molecule has 0 aromatic heterocycles. The third-order valence-electron chi connectivity index (χ3n) is 2.02. The molecule has 0 aliphatic carbocycles. The van der Waals surface area contributed by atoms with Crippen molar-refractivity contribution in [2.45, 2.75) is 24.9 Å². The topological polar surface area (TPSA) is 27.7 Å². The van der Waals surface area contributed by atoms with E-state index in [1.165, 1.54) is 0 Å². The summed E-state index contributed by atoms with van der Waals surface area (Å²) in [5.74, 6) is -0.514. The zero-order valence-electron chi connectivity index (χ0n) is 11.6. The first kappa shape index (κ1) is 18.8. The molecule has 0 N–H and O–H groups in total. The lowest BCUT2D eigenvalue weighted by molar-refractivity contribution is -0.105. The first-order chi connectivity index (χ1) is 9.78. The predicted molar refractivity (Wildman–Crippen MR) is 81.4 cm³/mol. The fraction of sp³-hybridized carbons (Fsp3) is 0.500. The molecule has 0 spiro atoms. The highest BCUT2D eigenvalue weighted by Crippen LogP contribution is 2.49. The summed E-state index contributed by atoms with van der Waals surface area (Å²) in [6, 6.07) is 6.20. The maximum absolute atomic E-state index is 12.1. The average Bonchev–Trinajstić information content (AvgIpc) is 2.37. The molecular formula is C12H16F3O3PS2. The zero-order chi connectivity index (χ0) is 15.9. The van der Waals surface area contributed by atoms with Crippen LogP contribution in [0.3, 0.4) is 0 Å². The van der Waals surface area contributed by atoms with Crippen LogP contribution in [0, 0.1) is 0 Å². The van der Waals surface area contributed by atoms with E-state index >= 15 is 0 Å². The van der Waals surface area contributed by atoms with Gasteiger partial charge in [-0.2, -0.15) is 13.2 Å². The molecule has 0 saturated heterocycles. The first-order valence-electron chi connectivity index (χ1n) is 6.16. The fourth-order valence-corrected chi connectivity index (χ4v) is 4.04. The van der Waals surface area contributed by atoms with E-state index in [2.05, 4.69) is 0 Å². The summed E-state index contributed by atoms with van der Waals surface area (Å²) in [6.07, 6.45) is -4.19. The minimum Gasteiger partial charge on any atom is -0.424 e. The maximum Gasteiger partial charge on any atom is 0.398 e. The van der Waals surface area contributed by atoms with Crippen LogP contribution < -0.4 is 4.52 Å². The molecule has 0 heterocycles. The van der Waals surface area contributed by atoms with E-state index in [1.807, 2.05) is 0 Å². The quantitative estimate of drug-likeness (QED) is 0.480. The van der Waals surface area contributed by atoms with E-state index in [9.17, 15) is 13.2 Å². The second-order valence-electron chi connectivity index (χ2n) is 3.75. The van der Waals surface area contributed by atoms with Crippen molar-refractivity contribution in [1.82, 2.24) is 0 Å². The molecule has 0 aliphatic rings. The van der Waals surface area contributed by atoms with E-state index in [0.717, 1.165) is 0 Å². The highest BCUT2D eigenvalue weighted by Gasteiger charge is 2.27. The number of benzene rings is 1. The van der Waals surface area contributed by atoms with E-state index in [-0.39, 0.29) is 0 Å². The molecular weight excluding hydrogens is 344 g/mol. The molecule has 120 valence electrons. The van der Waals surface area contributed by atoms with Crippen LogP contribution in [0.5, 0.6) is 5.75 Å². The van der Waals surface area contributed by atoms with Gasteiger partial charge in [0.15, 0.2) is 0 Å². The predicted octanol–water partition coefficient (Wildman–Crippen LogP) is 5.02. The van der Waals surface area contributed by atoms with Gasteiger partial charge in [-0.25, -0.2) is 0 Å². The van der Waals surface area contributed by atoms with E-state index in [4.69, 9.17) is 25.4 Å². The van der Waals surface area contributed by atoms with Crippen molar-refractivity contribution in [3.63, 3.8) is 0 Å². The van der Waals surface area contributed by atoms with Gasteiger partial charge in [-0.1, -0.05) is 0 Å². The molecule has 0 amide bonds. The lowest BCUT2D eigenvalue weighted by Gasteiger charge is -2.21. The second-order valence-corrected chi connectivity index (χ2v) is 7.73. The Morgan fingerprint density at radius 2 is 1.62 bits per heavy atom. The number of rotatable bonds is 8.